The quantitative estimate of drug-likeness (QED) is 0.653. The van der Waals surface area contributed by atoms with Crippen molar-refractivity contribution in [1.29, 1.82) is 0 Å². The topological polar surface area (TPSA) is 93.5 Å². The van der Waals surface area contributed by atoms with Gasteiger partial charge >= 0.3 is 6.03 Å². The minimum absolute atomic E-state index is 0.00603. The summed E-state index contributed by atoms with van der Waals surface area (Å²) in [6, 6.07) is 5.41. The highest BCUT2D eigenvalue weighted by Gasteiger charge is 2.24. The van der Waals surface area contributed by atoms with Gasteiger partial charge in [0.2, 0.25) is 0 Å². The lowest BCUT2D eigenvalue weighted by molar-refractivity contribution is -0.383. The number of anilines is 1. The fourth-order valence-electron chi connectivity index (χ4n) is 2.19. The maximum absolute atomic E-state index is 11.9. The molecule has 7 nitrogen and oxygen atoms in total. The van der Waals surface area contributed by atoms with Gasteiger partial charge in [0.15, 0.2) is 0 Å². The Bertz CT molecular complexity index is 500. The van der Waals surface area contributed by atoms with Gasteiger partial charge in [-0.05, 0) is 25.8 Å². The molecule has 1 heterocycles. The summed E-state index contributed by atoms with van der Waals surface area (Å²) >= 11 is 0. The molecule has 1 aromatic carbocycles. The van der Waals surface area contributed by atoms with Gasteiger partial charge in [-0.25, -0.2) is 4.79 Å². The number of hydrogen-bond donors (Lipinski definition) is 2. The minimum Gasteiger partial charge on any atom is -0.376 e. The molecule has 1 fully saturated rings. The maximum Gasteiger partial charge on any atom is 0.319 e. The number of hydrogen-bond acceptors (Lipinski definition) is 4. The minimum atomic E-state index is -0.529. The smallest absolute Gasteiger partial charge is 0.319 e. The van der Waals surface area contributed by atoms with Crippen LogP contribution in [-0.2, 0) is 4.74 Å². The number of rotatable bonds is 4. The summed E-state index contributed by atoms with van der Waals surface area (Å²) in [5, 5.41) is 16.1. The van der Waals surface area contributed by atoms with E-state index in [0.29, 0.717) is 6.61 Å². The maximum atomic E-state index is 11.9. The Morgan fingerprint density at radius 2 is 2.25 bits per heavy atom. The zero-order chi connectivity index (χ0) is 14.5. The number of ether oxygens (including phenoxy) is 1. The number of benzene rings is 1. The zero-order valence-corrected chi connectivity index (χ0v) is 11.2. The van der Waals surface area contributed by atoms with Crippen LogP contribution >= 0.6 is 0 Å². The van der Waals surface area contributed by atoms with Gasteiger partial charge in [-0.15, -0.1) is 0 Å². The first-order chi connectivity index (χ1) is 9.58. The van der Waals surface area contributed by atoms with Gasteiger partial charge in [0, 0.05) is 12.7 Å². The van der Waals surface area contributed by atoms with Gasteiger partial charge in [0.05, 0.1) is 17.1 Å². The van der Waals surface area contributed by atoms with Crippen LogP contribution in [0.3, 0.4) is 0 Å². The van der Waals surface area contributed by atoms with Crippen LogP contribution in [0, 0.1) is 10.1 Å². The molecule has 1 aliphatic rings. The number of carbonyl (C=O) groups excluding carboxylic acids is 1. The van der Waals surface area contributed by atoms with Crippen LogP contribution in [-0.4, -0.2) is 29.7 Å². The molecule has 2 atom stereocenters. The first-order valence-electron chi connectivity index (χ1n) is 6.50. The second-order valence-corrected chi connectivity index (χ2v) is 4.71. The molecule has 2 rings (SSSR count). The van der Waals surface area contributed by atoms with Crippen LogP contribution in [0.25, 0.3) is 0 Å². The molecule has 0 unspecified atom stereocenters. The van der Waals surface area contributed by atoms with Crippen molar-refractivity contribution in [3.8, 4) is 0 Å². The van der Waals surface area contributed by atoms with Crippen LogP contribution < -0.4 is 10.6 Å². The molecule has 1 aromatic rings. The second-order valence-electron chi connectivity index (χ2n) is 4.71. The third-order valence-corrected chi connectivity index (χ3v) is 3.23. The summed E-state index contributed by atoms with van der Waals surface area (Å²) in [6.45, 7) is 2.57. The van der Waals surface area contributed by atoms with E-state index in [0.717, 1.165) is 12.8 Å². The summed E-state index contributed by atoms with van der Waals surface area (Å²) in [4.78, 5) is 22.2. The second kappa shape index (κ2) is 6.33. The Morgan fingerprint density at radius 1 is 1.50 bits per heavy atom. The monoisotopic (exact) mass is 279 g/mol. The lowest BCUT2D eigenvalue weighted by Crippen LogP contribution is -2.43. The van der Waals surface area contributed by atoms with Gasteiger partial charge in [-0.1, -0.05) is 12.1 Å². The number of nitro groups is 1. The lowest BCUT2D eigenvalue weighted by Gasteiger charge is -2.20. The van der Waals surface area contributed by atoms with Crippen molar-refractivity contribution >= 4 is 17.4 Å². The first-order valence-corrected chi connectivity index (χ1v) is 6.50. The Kier molecular flexibility index (Phi) is 4.52. The molecule has 0 saturated carbocycles. The third kappa shape index (κ3) is 3.45. The predicted molar refractivity (Wildman–Crippen MR) is 73.7 cm³/mol. The standard InChI is InChI=1S/C13H17N3O4/c1-9(12-7-4-8-20-12)14-13(17)15-10-5-2-3-6-11(10)16(18)19/h2-3,5-6,9,12H,4,7-8H2,1H3,(H2,14,15,17)/t9-,12-/m0/s1. The van der Waals surface area contributed by atoms with Crippen LogP contribution in [0.5, 0.6) is 0 Å². The molecule has 1 saturated heterocycles. The molecule has 2 N–H and O–H groups in total. The van der Waals surface area contributed by atoms with Crippen molar-refractivity contribution in [1.82, 2.24) is 5.32 Å². The SMILES string of the molecule is C[C@H](NC(=O)Nc1ccccc1[N+](=O)[O-])[C@@H]1CCCO1. The number of para-hydroxylation sites is 2. The van der Waals surface area contributed by atoms with Gasteiger partial charge < -0.3 is 15.4 Å². The predicted octanol–water partition coefficient (Wildman–Crippen LogP) is 2.28. The van der Waals surface area contributed by atoms with Crippen LogP contribution in [0.4, 0.5) is 16.2 Å². The number of nitrogens with zero attached hydrogens (tertiary/aromatic N) is 1. The highest BCUT2D eigenvalue weighted by atomic mass is 16.6. The average molecular weight is 279 g/mol. The molecular weight excluding hydrogens is 262 g/mol. The number of carbonyl (C=O) groups is 1. The number of nitro benzene ring substituents is 1. The van der Waals surface area contributed by atoms with Crippen LogP contribution in [0.15, 0.2) is 24.3 Å². The van der Waals surface area contributed by atoms with Crippen LogP contribution in [0.2, 0.25) is 0 Å². The van der Waals surface area contributed by atoms with Crippen molar-refractivity contribution in [2.75, 3.05) is 11.9 Å². The Hall–Kier alpha value is -2.15. The Balaban J connectivity index is 1.96. The van der Waals surface area contributed by atoms with E-state index in [-0.39, 0.29) is 23.5 Å². The molecule has 2 amide bonds. The first kappa shape index (κ1) is 14.3. The molecule has 7 heteroatoms. The fraction of sp³-hybridized carbons (Fsp3) is 0.462. The molecule has 0 radical (unpaired) electrons. The lowest BCUT2D eigenvalue weighted by atomic mass is 10.1. The average Bonchev–Trinajstić information content (AvgIpc) is 2.92. The molecule has 1 aliphatic heterocycles. The van der Waals surface area contributed by atoms with Gasteiger partial charge in [-0.3, -0.25) is 10.1 Å². The van der Waals surface area contributed by atoms with Gasteiger partial charge in [0.25, 0.3) is 5.69 Å². The summed E-state index contributed by atoms with van der Waals surface area (Å²) < 4.78 is 5.48. The molecule has 0 aromatic heterocycles. The van der Waals surface area contributed by atoms with E-state index in [4.69, 9.17) is 4.74 Å². The van der Waals surface area contributed by atoms with Crippen molar-refractivity contribution in [2.45, 2.75) is 31.9 Å². The summed E-state index contributed by atoms with van der Waals surface area (Å²) in [6.07, 6.45) is 1.90. The van der Waals surface area contributed by atoms with E-state index < -0.39 is 11.0 Å². The molecule has 0 aliphatic carbocycles. The van der Waals surface area contributed by atoms with E-state index in [1.54, 1.807) is 12.1 Å². The van der Waals surface area contributed by atoms with E-state index in [9.17, 15) is 14.9 Å². The molecular formula is C13H17N3O4. The van der Waals surface area contributed by atoms with Gasteiger partial charge in [0.1, 0.15) is 5.69 Å². The third-order valence-electron chi connectivity index (χ3n) is 3.23. The van der Waals surface area contributed by atoms with Crippen molar-refractivity contribution in [3.05, 3.63) is 34.4 Å². The van der Waals surface area contributed by atoms with E-state index in [1.807, 2.05) is 6.92 Å². The number of urea groups is 1. The summed E-state index contributed by atoms with van der Waals surface area (Å²) in [7, 11) is 0. The molecule has 0 bridgehead atoms. The van der Waals surface area contributed by atoms with Crippen LogP contribution in [0.1, 0.15) is 19.8 Å². The summed E-state index contributed by atoms with van der Waals surface area (Å²) in [5.41, 5.74) is 0.0435. The van der Waals surface area contributed by atoms with E-state index in [1.165, 1.54) is 12.1 Å². The molecule has 20 heavy (non-hydrogen) atoms. The van der Waals surface area contributed by atoms with E-state index >= 15 is 0 Å². The summed E-state index contributed by atoms with van der Waals surface area (Å²) in [5.74, 6) is 0. The molecule has 108 valence electrons. The highest BCUT2D eigenvalue weighted by Crippen LogP contribution is 2.23. The van der Waals surface area contributed by atoms with Crippen molar-refractivity contribution in [3.63, 3.8) is 0 Å². The van der Waals surface area contributed by atoms with Crippen molar-refractivity contribution in [2.24, 2.45) is 0 Å². The largest absolute Gasteiger partial charge is 0.376 e. The number of amides is 2. The fourth-order valence-corrected chi connectivity index (χ4v) is 2.19. The number of nitrogens with one attached hydrogen (secondary N) is 2. The van der Waals surface area contributed by atoms with Crippen molar-refractivity contribution < 1.29 is 14.5 Å². The zero-order valence-electron chi connectivity index (χ0n) is 11.2. The normalized spacial score (nSPS) is 19.4. The van der Waals surface area contributed by atoms with Gasteiger partial charge in [-0.2, -0.15) is 0 Å². The Labute approximate surface area is 116 Å². The van der Waals surface area contributed by atoms with E-state index in [2.05, 4.69) is 10.6 Å². The molecule has 0 spiro atoms. The highest BCUT2D eigenvalue weighted by molar-refractivity contribution is 5.91. The Morgan fingerprint density at radius 3 is 2.90 bits per heavy atom.